The minimum Gasteiger partial charge on any atom is -0.394 e. The van der Waals surface area contributed by atoms with E-state index < -0.39 is 48.2 Å². The molecule has 1 aliphatic rings. The molecule has 1 saturated heterocycles. The van der Waals surface area contributed by atoms with Crippen LogP contribution in [0.25, 0.3) is 0 Å². The number of aliphatic hydroxyl groups excluding tert-OH is 3. The average molecular weight is 262 g/mol. The van der Waals surface area contributed by atoms with Gasteiger partial charge >= 0.3 is 5.69 Å². The van der Waals surface area contributed by atoms with Crippen molar-refractivity contribution >= 4 is 0 Å². The molecule has 8 nitrogen and oxygen atoms in total. The van der Waals surface area contributed by atoms with Crippen molar-refractivity contribution < 1.29 is 24.4 Å². The fourth-order valence-electron chi connectivity index (χ4n) is 1.79. The Balaban J connectivity index is 2.48. The fourth-order valence-corrected chi connectivity index (χ4v) is 1.79. The number of nitrogens with one attached hydrogen (secondary N) is 1. The maximum atomic E-state index is 13.1. The SMILES string of the molecule is O=c1[nH]cc(F)c(=O)n1[C@@H]1O[C@H](CO)[C@@H](O)[C@@H]1O. The van der Waals surface area contributed by atoms with Crippen LogP contribution in [-0.2, 0) is 4.74 Å². The lowest BCUT2D eigenvalue weighted by Gasteiger charge is -2.15. The number of aromatic amines is 1. The quantitative estimate of drug-likeness (QED) is 0.459. The largest absolute Gasteiger partial charge is 0.394 e. The van der Waals surface area contributed by atoms with E-state index in [0.29, 0.717) is 10.8 Å². The highest BCUT2D eigenvalue weighted by Gasteiger charge is 2.44. The summed E-state index contributed by atoms with van der Waals surface area (Å²) in [5.74, 6) is -1.23. The van der Waals surface area contributed by atoms with Crippen LogP contribution in [0.3, 0.4) is 0 Å². The molecule has 4 N–H and O–H groups in total. The van der Waals surface area contributed by atoms with Gasteiger partial charge in [-0.15, -0.1) is 0 Å². The van der Waals surface area contributed by atoms with Crippen LogP contribution in [0.15, 0.2) is 15.8 Å². The molecule has 0 amide bonds. The Morgan fingerprint density at radius 1 is 1.39 bits per heavy atom. The number of aromatic nitrogens is 2. The highest BCUT2D eigenvalue weighted by molar-refractivity contribution is 4.94. The molecule has 0 aliphatic carbocycles. The molecule has 4 atom stereocenters. The van der Waals surface area contributed by atoms with Crippen LogP contribution in [0.4, 0.5) is 4.39 Å². The number of hydrogen-bond acceptors (Lipinski definition) is 6. The van der Waals surface area contributed by atoms with Crippen LogP contribution in [0.2, 0.25) is 0 Å². The molecule has 0 saturated carbocycles. The Bertz CT molecular complexity index is 555. The maximum Gasteiger partial charge on any atom is 0.330 e. The first-order valence-electron chi connectivity index (χ1n) is 5.09. The summed E-state index contributed by atoms with van der Waals surface area (Å²) in [4.78, 5) is 24.8. The molecule has 0 radical (unpaired) electrons. The molecule has 1 aromatic rings. The van der Waals surface area contributed by atoms with Crippen LogP contribution in [0.1, 0.15) is 6.23 Å². The number of nitrogens with zero attached hydrogens (tertiary/aromatic N) is 1. The van der Waals surface area contributed by atoms with Gasteiger partial charge in [-0.1, -0.05) is 0 Å². The fraction of sp³-hybridized carbons (Fsp3) is 0.556. The Labute approximate surface area is 98.9 Å². The molecule has 0 unspecified atom stereocenters. The molecule has 1 fully saturated rings. The molecule has 0 spiro atoms. The first-order chi connectivity index (χ1) is 8.47. The monoisotopic (exact) mass is 262 g/mol. The third-order valence-corrected chi connectivity index (χ3v) is 2.74. The van der Waals surface area contributed by atoms with Gasteiger partial charge in [0.2, 0.25) is 5.82 Å². The van der Waals surface area contributed by atoms with Crippen LogP contribution in [0.5, 0.6) is 0 Å². The lowest BCUT2D eigenvalue weighted by Crippen LogP contribution is -2.43. The number of H-pyrrole nitrogens is 1. The Kier molecular flexibility index (Phi) is 3.30. The van der Waals surface area contributed by atoms with Gasteiger partial charge in [-0.25, -0.2) is 9.36 Å². The molecule has 0 aromatic carbocycles. The number of aliphatic hydroxyl groups is 3. The lowest BCUT2D eigenvalue weighted by atomic mass is 10.1. The van der Waals surface area contributed by atoms with Crippen molar-refractivity contribution in [2.45, 2.75) is 24.5 Å². The summed E-state index contributed by atoms with van der Waals surface area (Å²) in [6.07, 6.45) is -5.22. The molecule has 0 bridgehead atoms. The molecule has 9 heteroatoms. The van der Waals surface area contributed by atoms with Gasteiger partial charge in [0, 0.05) is 6.20 Å². The van der Waals surface area contributed by atoms with E-state index in [4.69, 9.17) is 9.84 Å². The molecule has 100 valence electrons. The average Bonchev–Trinajstić information content (AvgIpc) is 2.62. The van der Waals surface area contributed by atoms with E-state index in [2.05, 4.69) is 0 Å². The van der Waals surface area contributed by atoms with Crippen molar-refractivity contribution in [1.29, 1.82) is 0 Å². The number of halogens is 1. The zero-order chi connectivity index (χ0) is 13.4. The molecule has 18 heavy (non-hydrogen) atoms. The third-order valence-electron chi connectivity index (χ3n) is 2.74. The van der Waals surface area contributed by atoms with E-state index in [9.17, 15) is 24.2 Å². The standard InChI is InChI=1S/C9H11FN2O6/c10-3-1-11-9(17)12(7(3)16)8-6(15)5(14)4(2-13)18-8/h1,4-6,8,13-15H,2H2,(H,11,17)/t4-,5-,6+,8-/m1/s1. The van der Waals surface area contributed by atoms with Crippen molar-refractivity contribution in [1.82, 2.24) is 9.55 Å². The van der Waals surface area contributed by atoms with Gasteiger partial charge < -0.3 is 25.0 Å². The van der Waals surface area contributed by atoms with Gasteiger partial charge in [-0.2, -0.15) is 4.39 Å². The van der Waals surface area contributed by atoms with E-state index in [1.165, 1.54) is 0 Å². The number of ether oxygens (including phenoxy) is 1. The smallest absolute Gasteiger partial charge is 0.330 e. The minimum atomic E-state index is -1.62. The second-order valence-corrected chi connectivity index (χ2v) is 3.85. The van der Waals surface area contributed by atoms with Crippen molar-refractivity contribution in [3.63, 3.8) is 0 Å². The molecule has 1 aromatic heterocycles. The molecule has 1 aliphatic heterocycles. The molecule has 2 heterocycles. The Morgan fingerprint density at radius 2 is 2.06 bits per heavy atom. The van der Waals surface area contributed by atoms with Crippen molar-refractivity contribution in [3.8, 4) is 0 Å². The predicted octanol–water partition coefficient (Wildman–Crippen LogP) is -2.71. The van der Waals surface area contributed by atoms with E-state index in [1.54, 1.807) is 0 Å². The zero-order valence-corrected chi connectivity index (χ0v) is 8.99. The lowest BCUT2D eigenvalue weighted by molar-refractivity contribution is -0.0569. The van der Waals surface area contributed by atoms with Gasteiger partial charge in [0.15, 0.2) is 6.23 Å². The third kappa shape index (κ3) is 1.86. The van der Waals surface area contributed by atoms with Crippen LogP contribution in [-0.4, -0.2) is 49.8 Å². The Hall–Kier alpha value is -1.55. The molecular formula is C9H11FN2O6. The normalized spacial score (nSPS) is 31.8. The van der Waals surface area contributed by atoms with E-state index in [-0.39, 0.29) is 0 Å². The van der Waals surface area contributed by atoms with Crippen molar-refractivity contribution in [2.75, 3.05) is 6.61 Å². The van der Waals surface area contributed by atoms with Gasteiger partial charge in [0.1, 0.15) is 18.3 Å². The first kappa shape index (κ1) is 12.9. The summed E-state index contributed by atoms with van der Waals surface area (Å²) in [7, 11) is 0. The van der Waals surface area contributed by atoms with Crippen molar-refractivity contribution in [3.05, 3.63) is 32.9 Å². The van der Waals surface area contributed by atoms with E-state index in [0.717, 1.165) is 0 Å². The van der Waals surface area contributed by atoms with E-state index >= 15 is 0 Å². The van der Waals surface area contributed by atoms with Crippen LogP contribution >= 0.6 is 0 Å². The Morgan fingerprint density at radius 3 is 2.61 bits per heavy atom. The highest BCUT2D eigenvalue weighted by atomic mass is 19.1. The minimum absolute atomic E-state index is 0.318. The second-order valence-electron chi connectivity index (χ2n) is 3.85. The topological polar surface area (TPSA) is 125 Å². The predicted molar refractivity (Wildman–Crippen MR) is 54.3 cm³/mol. The van der Waals surface area contributed by atoms with Gasteiger partial charge in [0.25, 0.3) is 5.56 Å². The van der Waals surface area contributed by atoms with Crippen LogP contribution < -0.4 is 11.2 Å². The summed E-state index contributed by atoms with van der Waals surface area (Å²) >= 11 is 0. The van der Waals surface area contributed by atoms with Crippen molar-refractivity contribution in [2.24, 2.45) is 0 Å². The van der Waals surface area contributed by atoms with Gasteiger partial charge in [-0.05, 0) is 0 Å². The first-order valence-corrected chi connectivity index (χ1v) is 5.09. The summed E-state index contributed by atoms with van der Waals surface area (Å²) in [6, 6.07) is 0. The number of hydrogen-bond donors (Lipinski definition) is 4. The summed E-state index contributed by atoms with van der Waals surface area (Å²) in [5, 5.41) is 28.0. The van der Waals surface area contributed by atoms with Crippen LogP contribution in [0, 0.1) is 5.82 Å². The second kappa shape index (κ2) is 4.61. The van der Waals surface area contributed by atoms with E-state index in [1.807, 2.05) is 4.98 Å². The maximum absolute atomic E-state index is 13.1. The van der Waals surface area contributed by atoms with Gasteiger partial charge in [-0.3, -0.25) is 4.79 Å². The molecule has 2 rings (SSSR count). The summed E-state index contributed by atoms with van der Waals surface area (Å²) < 4.78 is 18.3. The highest BCUT2D eigenvalue weighted by Crippen LogP contribution is 2.27. The summed E-state index contributed by atoms with van der Waals surface area (Å²) in [5.41, 5.74) is -2.27. The summed E-state index contributed by atoms with van der Waals surface area (Å²) in [6.45, 7) is -0.614. The molecular weight excluding hydrogens is 251 g/mol. The van der Waals surface area contributed by atoms with Gasteiger partial charge in [0.05, 0.1) is 6.61 Å². The number of rotatable bonds is 2. The zero-order valence-electron chi connectivity index (χ0n) is 8.99.